The molecule has 0 radical (unpaired) electrons. The maximum Gasteiger partial charge on any atom is 0.325 e. The van der Waals surface area contributed by atoms with Crippen molar-refractivity contribution >= 4 is 23.5 Å². The molecule has 0 unspecified atom stereocenters. The predicted molar refractivity (Wildman–Crippen MR) is 76.2 cm³/mol. The smallest absolute Gasteiger partial charge is 0.325 e. The van der Waals surface area contributed by atoms with E-state index >= 15 is 0 Å². The third kappa shape index (κ3) is 4.13. The highest BCUT2D eigenvalue weighted by atomic mass is 35.5. The minimum absolute atomic E-state index is 0.0984. The van der Waals surface area contributed by atoms with Crippen LogP contribution in [0.25, 0.3) is 0 Å². The third-order valence-corrected chi connectivity index (χ3v) is 2.92. The molecule has 20 heavy (non-hydrogen) atoms. The molecule has 0 atom stereocenters. The molecule has 0 N–H and O–H groups in total. The fraction of sp³-hybridized carbons (Fsp3) is 0.429. The molecule has 6 heteroatoms. The van der Waals surface area contributed by atoms with Crippen LogP contribution in [-0.2, 0) is 9.53 Å². The van der Waals surface area contributed by atoms with E-state index in [4.69, 9.17) is 21.1 Å². The second-order valence-electron chi connectivity index (χ2n) is 3.97. The highest BCUT2D eigenvalue weighted by molar-refractivity contribution is 6.31. The average molecular weight is 300 g/mol. The number of ether oxygens (including phenoxy) is 2. The Kier molecular flexibility index (Phi) is 6.31. The Morgan fingerprint density at radius 3 is 2.55 bits per heavy atom. The monoisotopic (exact) mass is 299 g/mol. The van der Waals surface area contributed by atoms with Gasteiger partial charge in [0.2, 0.25) is 0 Å². The molecule has 110 valence electrons. The summed E-state index contributed by atoms with van der Waals surface area (Å²) in [7, 11) is 1.47. The first kappa shape index (κ1) is 16.3. The number of hydrogen-bond donors (Lipinski definition) is 0. The van der Waals surface area contributed by atoms with E-state index in [0.717, 1.165) is 0 Å². The zero-order chi connectivity index (χ0) is 15.1. The topological polar surface area (TPSA) is 55.8 Å². The van der Waals surface area contributed by atoms with E-state index < -0.39 is 5.97 Å². The summed E-state index contributed by atoms with van der Waals surface area (Å²) in [5, 5.41) is 0.432. The number of benzene rings is 1. The van der Waals surface area contributed by atoms with E-state index in [1.54, 1.807) is 26.0 Å². The zero-order valence-electron chi connectivity index (χ0n) is 11.8. The number of carbonyl (C=O) groups is 2. The van der Waals surface area contributed by atoms with Gasteiger partial charge in [-0.25, -0.2) is 0 Å². The normalized spacial score (nSPS) is 10.0. The van der Waals surface area contributed by atoms with E-state index in [1.807, 2.05) is 0 Å². The van der Waals surface area contributed by atoms with Crippen molar-refractivity contribution in [2.24, 2.45) is 0 Å². The average Bonchev–Trinajstić information content (AvgIpc) is 2.44. The summed E-state index contributed by atoms with van der Waals surface area (Å²) in [6, 6.07) is 4.78. The number of amides is 1. The van der Waals surface area contributed by atoms with Crippen LogP contribution in [0.15, 0.2) is 18.2 Å². The number of carbonyl (C=O) groups excluding carboxylic acids is 2. The molecular formula is C14H18ClNO4. The van der Waals surface area contributed by atoms with Crippen molar-refractivity contribution in [1.29, 1.82) is 0 Å². The van der Waals surface area contributed by atoms with Gasteiger partial charge in [-0.15, -0.1) is 0 Å². The van der Waals surface area contributed by atoms with E-state index in [9.17, 15) is 9.59 Å². The first-order valence-electron chi connectivity index (χ1n) is 6.31. The fourth-order valence-corrected chi connectivity index (χ4v) is 1.88. The molecule has 0 aliphatic carbocycles. The van der Waals surface area contributed by atoms with Crippen LogP contribution >= 0.6 is 11.6 Å². The van der Waals surface area contributed by atoms with Crippen molar-refractivity contribution in [2.75, 3.05) is 26.8 Å². The van der Waals surface area contributed by atoms with Gasteiger partial charge in [0.1, 0.15) is 12.3 Å². The van der Waals surface area contributed by atoms with E-state index in [1.165, 1.54) is 18.1 Å². The molecule has 0 bridgehead atoms. The molecule has 1 rings (SSSR count). The number of rotatable bonds is 6. The van der Waals surface area contributed by atoms with Crippen molar-refractivity contribution in [2.45, 2.75) is 13.8 Å². The van der Waals surface area contributed by atoms with Gasteiger partial charge in [0.25, 0.3) is 5.91 Å². The molecule has 0 aliphatic heterocycles. The summed E-state index contributed by atoms with van der Waals surface area (Å²) in [4.78, 5) is 25.3. The van der Waals surface area contributed by atoms with Crippen LogP contribution in [0.3, 0.4) is 0 Å². The second kappa shape index (κ2) is 7.75. The first-order chi connectivity index (χ1) is 9.53. The summed E-state index contributed by atoms with van der Waals surface area (Å²) in [6.45, 7) is 4.07. The number of esters is 1. The number of nitrogens with zero attached hydrogens (tertiary/aromatic N) is 1. The lowest BCUT2D eigenvalue weighted by atomic mass is 10.1. The quantitative estimate of drug-likeness (QED) is 0.757. The third-order valence-electron chi connectivity index (χ3n) is 2.69. The van der Waals surface area contributed by atoms with Gasteiger partial charge in [-0.05, 0) is 32.0 Å². The maximum atomic E-state index is 12.4. The minimum Gasteiger partial charge on any atom is -0.496 e. The van der Waals surface area contributed by atoms with Crippen molar-refractivity contribution in [3.63, 3.8) is 0 Å². The van der Waals surface area contributed by atoms with Crippen molar-refractivity contribution in [1.82, 2.24) is 4.90 Å². The van der Waals surface area contributed by atoms with Crippen molar-refractivity contribution in [3.8, 4) is 5.75 Å². The molecule has 1 aromatic rings. The molecule has 5 nitrogen and oxygen atoms in total. The fourth-order valence-electron chi connectivity index (χ4n) is 1.71. The Bertz CT molecular complexity index is 490. The Balaban J connectivity index is 2.96. The highest BCUT2D eigenvalue weighted by Gasteiger charge is 2.21. The number of halogens is 1. The van der Waals surface area contributed by atoms with E-state index in [2.05, 4.69) is 0 Å². The summed E-state index contributed by atoms with van der Waals surface area (Å²) in [6.07, 6.45) is 0. The summed E-state index contributed by atoms with van der Waals surface area (Å²) >= 11 is 5.90. The molecule has 0 aliphatic rings. The lowest BCUT2D eigenvalue weighted by Gasteiger charge is -2.21. The number of methoxy groups -OCH3 is 1. The van der Waals surface area contributed by atoms with Gasteiger partial charge in [-0.3, -0.25) is 9.59 Å². The molecule has 0 saturated heterocycles. The SMILES string of the molecule is CCOC(=O)CN(CC)C(=O)c1cc(Cl)ccc1OC. The van der Waals surface area contributed by atoms with Gasteiger partial charge in [0, 0.05) is 11.6 Å². The molecular weight excluding hydrogens is 282 g/mol. The van der Waals surface area contributed by atoms with Gasteiger partial charge in [-0.2, -0.15) is 0 Å². The lowest BCUT2D eigenvalue weighted by molar-refractivity contribution is -0.143. The van der Waals surface area contributed by atoms with Crippen LogP contribution in [-0.4, -0.2) is 43.6 Å². The lowest BCUT2D eigenvalue weighted by Crippen LogP contribution is -2.36. The van der Waals surface area contributed by atoms with E-state index in [-0.39, 0.29) is 19.1 Å². The molecule has 1 amide bonds. The Labute approximate surface area is 123 Å². The van der Waals surface area contributed by atoms with Crippen LogP contribution in [0.4, 0.5) is 0 Å². The molecule has 0 heterocycles. The van der Waals surface area contributed by atoms with Crippen LogP contribution in [0.5, 0.6) is 5.75 Å². The van der Waals surface area contributed by atoms with Crippen molar-refractivity contribution < 1.29 is 19.1 Å². The van der Waals surface area contributed by atoms with Crippen LogP contribution < -0.4 is 4.74 Å². The minimum atomic E-state index is -0.441. The Morgan fingerprint density at radius 2 is 2.00 bits per heavy atom. The van der Waals surface area contributed by atoms with Crippen LogP contribution in [0, 0.1) is 0 Å². The summed E-state index contributed by atoms with van der Waals surface area (Å²) < 4.78 is 10.00. The second-order valence-corrected chi connectivity index (χ2v) is 4.41. The standard InChI is InChI=1S/C14H18ClNO4/c1-4-16(9-13(17)20-5-2)14(18)11-8-10(15)6-7-12(11)19-3/h6-8H,4-5,9H2,1-3H3. The van der Waals surface area contributed by atoms with Gasteiger partial charge in [0.15, 0.2) is 0 Å². The highest BCUT2D eigenvalue weighted by Crippen LogP contribution is 2.24. The van der Waals surface area contributed by atoms with Gasteiger partial charge >= 0.3 is 5.97 Å². The van der Waals surface area contributed by atoms with Gasteiger partial charge < -0.3 is 14.4 Å². The maximum absolute atomic E-state index is 12.4. The number of hydrogen-bond acceptors (Lipinski definition) is 4. The largest absolute Gasteiger partial charge is 0.496 e. The van der Waals surface area contributed by atoms with Gasteiger partial charge in [0.05, 0.1) is 19.3 Å². The Hall–Kier alpha value is -1.75. The predicted octanol–water partition coefficient (Wildman–Crippen LogP) is 2.37. The summed E-state index contributed by atoms with van der Waals surface area (Å²) in [5.74, 6) is -0.342. The molecule has 0 spiro atoms. The molecule has 0 aromatic heterocycles. The summed E-state index contributed by atoms with van der Waals surface area (Å²) in [5.41, 5.74) is 0.325. The number of likely N-dealkylation sites (N-methyl/N-ethyl adjacent to an activating group) is 1. The molecule has 1 aromatic carbocycles. The zero-order valence-corrected chi connectivity index (χ0v) is 12.6. The van der Waals surface area contributed by atoms with Crippen LogP contribution in [0.1, 0.15) is 24.2 Å². The molecule has 0 fully saturated rings. The van der Waals surface area contributed by atoms with Crippen molar-refractivity contribution in [3.05, 3.63) is 28.8 Å². The van der Waals surface area contributed by atoms with Gasteiger partial charge in [-0.1, -0.05) is 11.6 Å². The molecule has 0 saturated carbocycles. The van der Waals surface area contributed by atoms with E-state index in [0.29, 0.717) is 22.9 Å². The Morgan fingerprint density at radius 1 is 1.30 bits per heavy atom. The first-order valence-corrected chi connectivity index (χ1v) is 6.69. The van der Waals surface area contributed by atoms with Crippen LogP contribution in [0.2, 0.25) is 5.02 Å².